The summed E-state index contributed by atoms with van der Waals surface area (Å²) >= 11 is 0. The summed E-state index contributed by atoms with van der Waals surface area (Å²) in [6, 6.07) is 20.6. The monoisotopic (exact) mass is 404 g/mol. The summed E-state index contributed by atoms with van der Waals surface area (Å²) in [5.41, 5.74) is 11.6. The van der Waals surface area contributed by atoms with Crippen molar-refractivity contribution in [3.8, 4) is 0 Å². The Bertz CT molecular complexity index is 997. The number of aryl methyl sites for hydroxylation is 4. The number of nitrogens with zero attached hydrogens (tertiary/aromatic N) is 1. The number of nitrogens with two attached hydrogens (primary N) is 1. The van der Waals surface area contributed by atoms with Gasteiger partial charge in [0, 0.05) is 12.2 Å². The lowest BCUT2D eigenvalue weighted by molar-refractivity contribution is -0.119. The fraction of sp³-hybridized carbons (Fsp3) is 0.269. The van der Waals surface area contributed by atoms with E-state index in [9.17, 15) is 9.18 Å². The van der Waals surface area contributed by atoms with Gasteiger partial charge in [0.2, 0.25) is 5.91 Å². The van der Waals surface area contributed by atoms with Crippen LogP contribution in [-0.2, 0) is 11.2 Å². The molecule has 4 heteroatoms. The van der Waals surface area contributed by atoms with Crippen LogP contribution in [0.3, 0.4) is 0 Å². The zero-order chi connectivity index (χ0) is 21.7. The number of carbonyl (C=O) groups is 1. The van der Waals surface area contributed by atoms with Crippen molar-refractivity contribution in [2.24, 2.45) is 5.73 Å². The molecule has 3 aromatic rings. The van der Waals surface area contributed by atoms with Gasteiger partial charge in [0.05, 0.1) is 0 Å². The minimum atomic E-state index is -0.617. The molecule has 3 aromatic carbocycles. The molecular weight excluding hydrogens is 375 g/mol. The van der Waals surface area contributed by atoms with Crippen molar-refractivity contribution in [3.63, 3.8) is 0 Å². The second kappa shape index (κ2) is 9.57. The van der Waals surface area contributed by atoms with Crippen LogP contribution in [0, 0.1) is 26.6 Å². The molecule has 0 radical (unpaired) electrons. The number of carbonyl (C=O) groups excluding carboxylic acids is 1. The molecule has 0 aliphatic heterocycles. The predicted molar refractivity (Wildman–Crippen MR) is 121 cm³/mol. The maximum Gasteiger partial charge on any atom is 0.244 e. The molecule has 156 valence electrons. The Labute approximate surface area is 178 Å². The van der Waals surface area contributed by atoms with Crippen molar-refractivity contribution in [1.29, 1.82) is 0 Å². The first-order valence-electron chi connectivity index (χ1n) is 10.3. The van der Waals surface area contributed by atoms with Crippen LogP contribution < -0.4 is 10.6 Å². The van der Waals surface area contributed by atoms with E-state index in [1.807, 2.05) is 36.1 Å². The van der Waals surface area contributed by atoms with Crippen LogP contribution in [-0.4, -0.2) is 12.5 Å². The van der Waals surface area contributed by atoms with E-state index in [0.717, 1.165) is 29.7 Å². The summed E-state index contributed by atoms with van der Waals surface area (Å²) < 4.78 is 13.9. The van der Waals surface area contributed by atoms with Gasteiger partial charge in [-0.05, 0) is 68.5 Å². The van der Waals surface area contributed by atoms with Gasteiger partial charge in [0.25, 0.3) is 0 Å². The first-order chi connectivity index (χ1) is 14.3. The third kappa shape index (κ3) is 5.26. The van der Waals surface area contributed by atoms with Gasteiger partial charge < -0.3 is 10.6 Å². The minimum Gasteiger partial charge on any atom is -0.368 e. The summed E-state index contributed by atoms with van der Waals surface area (Å²) in [6.45, 7) is 6.43. The fourth-order valence-electron chi connectivity index (χ4n) is 3.67. The molecule has 0 saturated carbocycles. The number of halogens is 1. The van der Waals surface area contributed by atoms with Gasteiger partial charge in [-0.15, -0.1) is 0 Å². The zero-order valence-corrected chi connectivity index (χ0v) is 17.9. The van der Waals surface area contributed by atoms with Crippen molar-refractivity contribution >= 4 is 11.6 Å². The largest absolute Gasteiger partial charge is 0.368 e. The summed E-state index contributed by atoms with van der Waals surface area (Å²) in [4.78, 5) is 14.5. The van der Waals surface area contributed by atoms with E-state index >= 15 is 0 Å². The van der Waals surface area contributed by atoms with Crippen molar-refractivity contribution in [2.75, 3.05) is 11.4 Å². The van der Waals surface area contributed by atoms with Crippen molar-refractivity contribution in [1.82, 2.24) is 0 Å². The lowest BCUT2D eigenvalue weighted by Crippen LogP contribution is -2.39. The predicted octanol–water partition coefficient (Wildman–Crippen LogP) is 5.42. The molecule has 0 bridgehead atoms. The number of amides is 1. The van der Waals surface area contributed by atoms with Crippen LogP contribution >= 0.6 is 0 Å². The smallest absolute Gasteiger partial charge is 0.244 e. The maximum absolute atomic E-state index is 13.9. The number of anilines is 1. The molecule has 0 heterocycles. The van der Waals surface area contributed by atoms with E-state index in [1.165, 1.54) is 17.2 Å². The topological polar surface area (TPSA) is 46.3 Å². The quantitative estimate of drug-likeness (QED) is 0.545. The number of benzene rings is 3. The van der Waals surface area contributed by atoms with Crippen LogP contribution in [0.2, 0.25) is 0 Å². The fourth-order valence-corrected chi connectivity index (χ4v) is 3.67. The molecule has 0 aliphatic carbocycles. The van der Waals surface area contributed by atoms with E-state index < -0.39 is 11.9 Å². The second-order valence-electron chi connectivity index (χ2n) is 7.93. The molecule has 0 aromatic heterocycles. The number of hydrogen-bond donors (Lipinski definition) is 1. The van der Waals surface area contributed by atoms with Crippen LogP contribution in [0.25, 0.3) is 0 Å². The first kappa shape index (κ1) is 21.6. The van der Waals surface area contributed by atoms with Gasteiger partial charge in [-0.25, -0.2) is 4.39 Å². The molecule has 0 saturated heterocycles. The molecule has 3 rings (SSSR count). The lowest BCUT2D eigenvalue weighted by Gasteiger charge is -2.32. The summed E-state index contributed by atoms with van der Waals surface area (Å²) in [6.07, 6.45) is 1.73. The van der Waals surface area contributed by atoms with Gasteiger partial charge in [0.15, 0.2) is 0 Å². The average molecular weight is 405 g/mol. The summed E-state index contributed by atoms with van der Waals surface area (Å²) in [5.74, 6) is -0.680. The van der Waals surface area contributed by atoms with Gasteiger partial charge in [-0.1, -0.05) is 59.7 Å². The minimum absolute atomic E-state index is 0.260. The van der Waals surface area contributed by atoms with Crippen LogP contribution in [0.4, 0.5) is 10.1 Å². The molecule has 2 N–H and O–H groups in total. The average Bonchev–Trinajstić information content (AvgIpc) is 2.72. The molecule has 1 amide bonds. The standard InChI is InChI=1S/C26H29FN2O/c1-18-6-10-21(11-7-18)5-4-16-29(23-14-15-24(27)20(3)17-23)25(26(28)30)22-12-8-19(2)9-13-22/h6-15,17,25H,4-5,16H2,1-3H3,(H2,28,30)/t25-/m1/s1. The zero-order valence-electron chi connectivity index (χ0n) is 17.9. The van der Waals surface area contributed by atoms with Crippen LogP contribution in [0.5, 0.6) is 0 Å². The summed E-state index contributed by atoms with van der Waals surface area (Å²) in [5, 5.41) is 0. The highest BCUT2D eigenvalue weighted by Gasteiger charge is 2.26. The van der Waals surface area contributed by atoms with Gasteiger partial charge in [-0.2, -0.15) is 0 Å². The summed E-state index contributed by atoms with van der Waals surface area (Å²) in [7, 11) is 0. The molecule has 3 nitrogen and oxygen atoms in total. The first-order valence-corrected chi connectivity index (χ1v) is 10.3. The van der Waals surface area contributed by atoms with Crippen LogP contribution in [0.15, 0.2) is 66.7 Å². The third-order valence-corrected chi connectivity index (χ3v) is 5.43. The second-order valence-corrected chi connectivity index (χ2v) is 7.93. The molecule has 0 fully saturated rings. The van der Waals surface area contributed by atoms with Crippen molar-refractivity contribution in [3.05, 3.63) is 100 Å². The molecule has 0 spiro atoms. The van der Waals surface area contributed by atoms with E-state index in [0.29, 0.717) is 12.1 Å². The SMILES string of the molecule is Cc1ccc(CCCN(c2ccc(F)c(C)c2)[C@@H](C(N)=O)c2ccc(C)cc2)cc1. The van der Waals surface area contributed by atoms with E-state index in [-0.39, 0.29) is 5.82 Å². The Morgan fingerprint density at radius 3 is 2.10 bits per heavy atom. The number of hydrogen-bond acceptors (Lipinski definition) is 2. The lowest BCUT2D eigenvalue weighted by atomic mass is 10.0. The van der Waals surface area contributed by atoms with E-state index in [1.54, 1.807) is 19.1 Å². The molecule has 0 unspecified atom stereocenters. The Morgan fingerprint density at radius 2 is 1.53 bits per heavy atom. The van der Waals surface area contributed by atoms with Crippen molar-refractivity contribution in [2.45, 2.75) is 39.7 Å². The number of rotatable bonds is 8. The molecular formula is C26H29FN2O. The highest BCUT2D eigenvalue weighted by Crippen LogP contribution is 2.29. The number of primary amides is 1. The van der Waals surface area contributed by atoms with Gasteiger partial charge in [0.1, 0.15) is 11.9 Å². The Balaban J connectivity index is 1.90. The van der Waals surface area contributed by atoms with Gasteiger partial charge in [-0.3, -0.25) is 4.79 Å². The van der Waals surface area contributed by atoms with Crippen molar-refractivity contribution < 1.29 is 9.18 Å². The molecule has 1 atom stereocenters. The third-order valence-electron chi connectivity index (χ3n) is 5.43. The van der Waals surface area contributed by atoms with E-state index in [4.69, 9.17) is 5.73 Å². The highest BCUT2D eigenvalue weighted by atomic mass is 19.1. The van der Waals surface area contributed by atoms with Gasteiger partial charge >= 0.3 is 0 Å². The molecule has 30 heavy (non-hydrogen) atoms. The highest BCUT2D eigenvalue weighted by molar-refractivity contribution is 5.85. The Morgan fingerprint density at radius 1 is 0.933 bits per heavy atom. The van der Waals surface area contributed by atoms with E-state index in [2.05, 4.69) is 31.2 Å². The Kier molecular flexibility index (Phi) is 6.88. The normalized spacial score (nSPS) is 11.9. The maximum atomic E-state index is 13.9. The Hall–Kier alpha value is -3.14. The van der Waals surface area contributed by atoms with Crippen LogP contribution in [0.1, 0.15) is 40.3 Å². The molecule has 0 aliphatic rings.